The molecule has 2 heterocycles. The van der Waals surface area contributed by atoms with E-state index in [0.717, 1.165) is 0 Å². The van der Waals surface area contributed by atoms with Crippen molar-refractivity contribution in [1.29, 1.82) is 0 Å². The second kappa shape index (κ2) is 7.93. The van der Waals surface area contributed by atoms with E-state index in [1.54, 1.807) is 0 Å². The van der Waals surface area contributed by atoms with Gasteiger partial charge in [0.2, 0.25) is 0 Å². The molecule has 0 fully saturated rings. The Hall–Kier alpha value is -5.34. The summed E-state index contributed by atoms with van der Waals surface area (Å²) in [6.07, 6.45) is 0. The van der Waals surface area contributed by atoms with Crippen molar-refractivity contribution < 1.29 is 0 Å². The molecular weight excluding hydrogens is 520 g/mol. The van der Waals surface area contributed by atoms with Crippen molar-refractivity contribution in [2.24, 2.45) is 0 Å². The van der Waals surface area contributed by atoms with E-state index >= 15 is 0 Å². The van der Waals surface area contributed by atoms with Crippen LogP contribution in [0.1, 0.15) is 25.0 Å². The molecule has 1 aliphatic carbocycles. The van der Waals surface area contributed by atoms with E-state index in [1.165, 1.54) is 93.1 Å². The van der Waals surface area contributed by atoms with Crippen molar-refractivity contribution in [2.45, 2.75) is 19.3 Å². The Morgan fingerprint density at radius 2 is 1.21 bits per heavy atom. The van der Waals surface area contributed by atoms with Crippen molar-refractivity contribution in [3.8, 4) is 16.8 Å². The molecule has 1 aliphatic rings. The summed E-state index contributed by atoms with van der Waals surface area (Å²) in [6.45, 7) is 4.74. The second-order valence-electron chi connectivity index (χ2n) is 12.6. The number of nitrogens with zero attached hydrogens (tertiary/aromatic N) is 1. The van der Waals surface area contributed by atoms with E-state index < -0.39 is 0 Å². The maximum absolute atomic E-state index is 3.81. The SMILES string of the molecule is CC1(C)c2ccccc2-c2ccc(-n3c4c5ccccc5ccc4c4c5c6ccccc6[nH]c5c5ccccc5c43)cc21. The van der Waals surface area contributed by atoms with Gasteiger partial charge in [0, 0.05) is 54.3 Å². The summed E-state index contributed by atoms with van der Waals surface area (Å²) in [7, 11) is 0. The number of benzene rings is 7. The molecule has 7 aromatic carbocycles. The lowest BCUT2D eigenvalue weighted by atomic mass is 9.82. The number of aromatic nitrogens is 2. The van der Waals surface area contributed by atoms with Gasteiger partial charge in [-0.2, -0.15) is 0 Å². The van der Waals surface area contributed by atoms with Gasteiger partial charge in [-0.25, -0.2) is 0 Å². The molecule has 43 heavy (non-hydrogen) atoms. The Labute approximate surface area is 248 Å². The summed E-state index contributed by atoms with van der Waals surface area (Å²) in [5.41, 5.74) is 11.5. The highest BCUT2D eigenvalue weighted by Crippen LogP contribution is 2.51. The Balaban J connectivity index is 1.46. The summed E-state index contributed by atoms with van der Waals surface area (Å²) >= 11 is 0. The van der Waals surface area contributed by atoms with Gasteiger partial charge in [-0.15, -0.1) is 0 Å². The Morgan fingerprint density at radius 3 is 2.09 bits per heavy atom. The molecule has 0 spiro atoms. The fraction of sp³-hybridized carbons (Fsp3) is 0.0732. The van der Waals surface area contributed by atoms with E-state index in [4.69, 9.17) is 0 Å². The molecule has 0 saturated heterocycles. The molecule has 202 valence electrons. The van der Waals surface area contributed by atoms with Crippen LogP contribution >= 0.6 is 0 Å². The summed E-state index contributed by atoms with van der Waals surface area (Å²) in [4.78, 5) is 3.81. The maximum Gasteiger partial charge on any atom is 0.0627 e. The van der Waals surface area contributed by atoms with E-state index in [-0.39, 0.29) is 5.41 Å². The summed E-state index contributed by atoms with van der Waals surface area (Å²) in [6, 6.07) is 47.2. The third-order valence-electron chi connectivity index (χ3n) is 10.1. The first-order valence-electron chi connectivity index (χ1n) is 15.1. The molecule has 2 heteroatoms. The van der Waals surface area contributed by atoms with Gasteiger partial charge < -0.3 is 9.55 Å². The molecule has 0 unspecified atom stereocenters. The number of aromatic amines is 1. The van der Waals surface area contributed by atoms with Gasteiger partial charge in [0.15, 0.2) is 0 Å². The van der Waals surface area contributed by atoms with Gasteiger partial charge in [-0.1, -0.05) is 123 Å². The summed E-state index contributed by atoms with van der Waals surface area (Å²) < 4.78 is 2.57. The average molecular weight is 549 g/mol. The van der Waals surface area contributed by atoms with Crippen molar-refractivity contribution in [3.05, 3.63) is 139 Å². The lowest BCUT2D eigenvalue weighted by Gasteiger charge is -2.22. The monoisotopic (exact) mass is 548 g/mol. The zero-order valence-corrected chi connectivity index (χ0v) is 24.1. The molecule has 1 N–H and O–H groups in total. The smallest absolute Gasteiger partial charge is 0.0627 e. The average Bonchev–Trinajstić information content (AvgIpc) is 3.68. The van der Waals surface area contributed by atoms with Gasteiger partial charge in [-0.3, -0.25) is 0 Å². The molecule has 2 aromatic heterocycles. The Kier molecular flexibility index (Phi) is 4.29. The highest BCUT2D eigenvalue weighted by Gasteiger charge is 2.35. The van der Waals surface area contributed by atoms with Gasteiger partial charge in [0.25, 0.3) is 0 Å². The van der Waals surface area contributed by atoms with Crippen LogP contribution in [0, 0.1) is 0 Å². The predicted molar refractivity (Wildman–Crippen MR) is 183 cm³/mol. The van der Waals surface area contributed by atoms with Crippen LogP contribution in [0.2, 0.25) is 0 Å². The normalized spacial score (nSPS) is 14.0. The third kappa shape index (κ3) is 2.83. The number of nitrogens with one attached hydrogen (secondary N) is 1. The van der Waals surface area contributed by atoms with Gasteiger partial charge in [-0.05, 0) is 45.8 Å². The minimum absolute atomic E-state index is 0.0745. The van der Waals surface area contributed by atoms with Gasteiger partial charge >= 0.3 is 0 Å². The topological polar surface area (TPSA) is 20.7 Å². The minimum atomic E-state index is -0.0745. The zero-order chi connectivity index (χ0) is 28.4. The van der Waals surface area contributed by atoms with Crippen LogP contribution < -0.4 is 0 Å². The second-order valence-corrected chi connectivity index (χ2v) is 12.6. The molecule has 0 saturated carbocycles. The van der Waals surface area contributed by atoms with Crippen LogP contribution in [0.15, 0.2) is 127 Å². The molecule has 0 atom stereocenters. The zero-order valence-electron chi connectivity index (χ0n) is 24.1. The molecule has 9 aromatic rings. The largest absolute Gasteiger partial charge is 0.354 e. The molecule has 0 aliphatic heterocycles. The molecule has 10 rings (SSSR count). The first-order valence-corrected chi connectivity index (χ1v) is 15.1. The number of fused-ring (bicyclic) bond motifs is 15. The van der Waals surface area contributed by atoms with Crippen LogP contribution in [0.3, 0.4) is 0 Å². The molecule has 0 amide bonds. The molecule has 0 radical (unpaired) electrons. The number of rotatable bonds is 1. The number of hydrogen-bond acceptors (Lipinski definition) is 0. The fourth-order valence-electron chi connectivity index (χ4n) is 8.16. The Morgan fingerprint density at radius 1 is 0.512 bits per heavy atom. The van der Waals surface area contributed by atoms with Crippen LogP contribution in [0.25, 0.3) is 82.0 Å². The summed E-state index contributed by atoms with van der Waals surface area (Å²) in [5, 5.41) is 10.2. The minimum Gasteiger partial charge on any atom is -0.354 e. The summed E-state index contributed by atoms with van der Waals surface area (Å²) in [5.74, 6) is 0. The first-order chi connectivity index (χ1) is 21.1. The Bertz CT molecular complexity index is 2640. The lowest BCUT2D eigenvalue weighted by Crippen LogP contribution is -2.15. The lowest BCUT2D eigenvalue weighted by molar-refractivity contribution is 0.660. The number of para-hydroxylation sites is 1. The van der Waals surface area contributed by atoms with Crippen molar-refractivity contribution >= 4 is 65.2 Å². The highest BCUT2D eigenvalue weighted by atomic mass is 15.0. The molecule has 0 bridgehead atoms. The van der Waals surface area contributed by atoms with Crippen molar-refractivity contribution in [1.82, 2.24) is 9.55 Å². The molecule has 2 nitrogen and oxygen atoms in total. The van der Waals surface area contributed by atoms with Crippen LogP contribution in [0.5, 0.6) is 0 Å². The number of hydrogen-bond donors (Lipinski definition) is 1. The van der Waals surface area contributed by atoms with Crippen molar-refractivity contribution in [2.75, 3.05) is 0 Å². The van der Waals surface area contributed by atoms with Crippen molar-refractivity contribution in [3.63, 3.8) is 0 Å². The predicted octanol–water partition coefficient (Wildman–Crippen LogP) is 11.0. The van der Waals surface area contributed by atoms with Crippen LogP contribution in [-0.2, 0) is 5.41 Å². The quantitative estimate of drug-likeness (QED) is 0.211. The van der Waals surface area contributed by atoms with Crippen LogP contribution in [-0.4, -0.2) is 9.55 Å². The first kappa shape index (κ1) is 23.2. The third-order valence-corrected chi connectivity index (χ3v) is 10.1. The number of H-pyrrole nitrogens is 1. The highest BCUT2D eigenvalue weighted by molar-refractivity contribution is 6.38. The van der Waals surface area contributed by atoms with Gasteiger partial charge in [0.1, 0.15) is 0 Å². The van der Waals surface area contributed by atoms with E-state index in [2.05, 4.69) is 151 Å². The van der Waals surface area contributed by atoms with E-state index in [1.807, 2.05) is 0 Å². The fourth-order valence-corrected chi connectivity index (χ4v) is 8.16. The maximum atomic E-state index is 3.81. The van der Waals surface area contributed by atoms with E-state index in [9.17, 15) is 0 Å². The molecular formula is C41H28N2. The van der Waals surface area contributed by atoms with E-state index in [0.29, 0.717) is 0 Å². The van der Waals surface area contributed by atoms with Gasteiger partial charge in [0.05, 0.1) is 16.6 Å². The standard InChI is InChI=1S/C41H28N2/c1-41(2)33-17-9-7-13-27(33)28-22-20-25(23-34(28)41)43-39-26-12-4-3-11-24(26)19-21-32(39)37-36-31-16-8-10-18-35(31)42-38(36)29-14-5-6-15-30(29)40(37)43/h3-23,42H,1-2H3. The van der Waals surface area contributed by atoms with Crippen LogP contribution in [0.4, 0.5) is 0 Å².